The molecule has 2 heteroatoms. The van der Waals surface area contributed by atoms with Gasteiger partial charge in [-0.15, -0.1) is 0 Å². The topological polar surface area (TPSA) is 6.48 Å². The van der Waals surface area contributed by atoms with Crippen LogP contribution >= 0.6 is 0 Å². The van der Waals surface area contributed by atoms with Crippen LogP contribution in [-0.4, -0.2) is 46.1 Å². The summed E-state index contributed by atoms with van der Waals surface area (Å²) in [5, 5.41) is 0. The fourth-order valence-electron chi connectivity index (χ4n) is 17.1. The van der Waals surface area contributed by atoms with Gasteiger partial charge in [0.05, 0.1) is 0 Å². The summed E-state index contributed by atoms with van der Waals surface area (Å²) in [4.78, 5) is 6.50. The molecule has 0 spiro atoms. The van der Waals surface area contributed by atoms with Gasteiger partial charge in [-0.2, -0.15) is 0 Å². The van der Waals surface area contributed by atoms with Crippen LogP contribution in [-0.2, 0) is 0 Å². The minimum atomic E-state index is 0.869. The molecular weight excluding hydrogens is 749 g/mol. The van der Waals surface area contributed by atoms with Crippen LogP contribution in [0, 0.1) is 59.2 Å². The normalized spacial score (nSPS) is 42.8. The maximum absolute atomic E-state index is 3.25. The standard InChI is InChI=1S/C60H102N2/c1-45-13-17-47(18-14-45)21-23-49-25-37-57(38-26-49)61(55-9-5-3-6-10-55)59-41-33-53(34-42-59)51-29-31-52(32-30-51)54-35-43-60(44-36-54)62(56-11-7-4-8-12-56)58-39-27-50(28-40-58)24-22-48-19-15-46(2)16-20-48/h21-24,45-60H,3-20,25-44H2,1-2H3. The number of hydrogen-bond acceptors (Lipinski definition) is 2. The maximum atomic E-state index is 3.25. The van der Waals surface area contributed by atoms with Gasteiger partial charge < -0.3 is 0 Å². The molecule has 0 heterocycles. The Morgan fingerprint density at radius 1 is 0.226 bits per heavy atom. The Kier molecular flexibility index (Phi) is 17.6. The molecule has 0 bridgehead atoms. The van der Waals surface area contributed by atoms with Crippen molar-refractivity contribution in [2.75, 3.05) is 0 Å². The first-order valence-electron chi connectivity index (χ1n) is 29.4. The fraction of sp³-hybridized carbons (Fsp3) is 0.933. The van der Waals surface area contributed by atoms with Gasteiger partial charge in [0, 0.05) is 36.3 Å². The predicted octanol–water partition coefficient (Wildman–Crippen LogP) is 17.1. The maximum Gasteiger partial charge on any atom is 0.0102 e. The molecule has 62 heavy (non-hydrogen) atoms. The molecule has 0 aromatic rings. The lowest BCUT2D eigenvalue weighted by Crippen LogP contribution is -2.52. The summed E-state index contributed by atoms with van der Waals surface area (Å²) in [6, 6.07) is 5.39. The third-order valence-electron chi connectivity index (χ3n) is 21.2. The van der Waals surface area contributed by atoms with Crippen molar-refractivity contribution in [1.82, 2.24) is 9.80 Å². The van der Waals surface area contributed by atoms with Crippen molar-refractivity contribution in [1.29, 1.82) is 0 Å². The highest BCUT2D eigenvalue weighted by Gasteiger charge is 2.42. The quantitative estimate of drug-likeness (QED) is 0.181. The van der Waals surface area contributed by atoms with Crippen molar-refractivity contribution in [2.45, 2.75) is 294 Å². The van der Waals surface area contributed by atoms with Crippen LogP contribution in [0.4, 0.5) is 0 Å². The molecule has 0 unspecified atom stereocenters. The van der Waals surface area contributed by atoms with Crippen LogP contribution < -0.4 is 0 Å². The molecule has 9 saturated carbocycles. The van der Waals surface area contributed by atoms with E-state index in [4.69, 9.17) is 0 Å². The van der Waals surface area contributed by atoms with Gasteiger partial charge in [-0.25, -0.2) is 0 Å². The van der Waals surface area contributed by atoms with Crippen LogP contribution in [0.25, 0.3) is 0 Å². The van der Waals surface area contributed by atoms with E-state index in [1.807, 2.05) is 0 Å². The lowest BCUT2D eigenvalue weighted by molar-refractivity contribution is -0.00148. The van der Waals surface area contributed by atoms with Gasteiger partial charge in [0.15, 0.2) is 0 Å². The molecular formula is C60H102N2. The van der Waals surface area contributed by atoms with E-state index in [1.165, 1.54) is 193 Å². The minimum Gasteiger partial charge on any atom is -0.294 e. The van der Waals surface area contributed by atoms with E-state index in [0.29, 0.717) is 0 Å². The third-order valence-corrected chi connectivity index (χ3v) is 21.2. The Bertz CT molecular complexity index is 1200. The van der Waals surface area contributed by atoms with Crippen molar-refractivity contribution in [3.05, 3.63) is 24.3 Å². The summed E-state index contributed by atoms with van der Waals surface area (Å²) in [7, 11) is 0. The van der Waals surface area contributed by atoms with Crippen LogP contribution in [0.5, 0.6) is 0 Å². The number of allylic oxidation sites excluding steroid dienone is 4. The summed E-state index contributed by atoms with van der Waals surface area (Å²) in [6.07, 6.45) is 67.9. The minimum absolute atomic E-state index is 0.869. The zero-order valence-electron chi connectivity index (χ0n) is 41.3. The van der Waals surface area contributed by atoms with Crippen molar-refractivity contribution >= 4 is 0 Å². The molecule has 9 fully saturated rings. The second-order valence-corrected chi connectivity index (χ2v) is 25.2. The van der Waals surface area contributed by atoms with Gasteiger partial charge in [-0.1, -0.05) is 102 Å². The number of hydrogen-bond donors (Lipinski definition) is 0. The fourth-order valence-corrected chi connectivity index (χ4v) is 17.1. The molecule has 0 saturated heterocycles. The molecule has 0 radical (unpaired) electrons. The monoisotopic (exact) mass is 851 g/mol. The Balaban J connectivity index is 0.713. The first-order valence-corrected chi connectivity index (χ1v) is 29.4. The van der Waals surface area contributed by atoms with Crippen LogP contribution in [0.1, 0.15) is 258 Å². The van der Waals surface area contributed by atoms with Gasteiger partial charge in [-0.05, 0) is 239 Å². The summed E-state index contributed by atoms with van der Waals surface area (Å²) < 4.78 is 0. The summed E-state index contributed by atoms with van der Waals surface area (Å²) in [6.45, 7) is 4.93. The van der Waals surface area contributed by atoms with Gasteiger partial charge in [0.2, 0.25) is 0 Å². The number of rotatable bonds is 12. The van der Waals surface area contributed by atoms with E-state index >= 15 is 0 Å². The van der Waals surface area contributed by atoms with Crippen LogP contribution in [0.15, 0.2) is 24.3 Å². The molecule has 9 aliphatic rings. The summed E-state index contributed by atoms with van der Waals surface area (Å²) >= 11 is 0. The smallest absolute Gasteiger partial charge is 0.0102 e. The molecule has 2 nitrogen and oxygen atoms in total. The van der Waals surface area contributed by atoms with E-state index in [2.05, 4.69) is 48.0 Å². The average molecular weight is 851 g/mol. The highest BCUT2D eigenvalue weighted by atomic mass is 15.2. The lowest BCUT2D eigenvalue weighted by Gasteiger charge is -2.50. The van der Waals surface area contributed by atoms with Crippen molar-refractivity contribution in [3.63, 3.8) is 0 Å². The Labute approximate surface area is 385 Å². The van der Waals surface area contributed by atoms with E-state index in [9.17, 15) is 0 Å². The predicted molar refractivity (Wildman–Crippen MR) is 266 cm³/mol. The first-order chi connectivity index (χ1) is 30.5. The highest BCUT2D eigenvalue weighted by Crippen LogP contribution is 2.48. The van der Waals surface area contributed by atoms with E-state index in [-0.39, 0.29) is 0 Å². The average Bonchev–Trinajstić information content (AvgIpc) is 3.33. The largest absolute Gasteiger partial charge is 0.294 e. The molecule has 9 aliphatic carbocycles. The SMILES string of the molecule is CC1CCC(C=CC2CCC(N(C3CCCCC3)C3CCC(C4CCC(C5CCC(N(C6CCCCC6)C6CCC(C=CC7CCC(C)CC7)CC6)CC5)CC4)CC3)CC2)CC1. The van der Waals surface area contributed by atoms with E-state index < -0.39 is 0 Å². The highest BCUT2D eigenvalue weighted by molar-refractivity contribution is 5.01. The Morgan fingerprint density at radius 3 is 0.710 bits per heavy atom. The molecule has 352 valence electrons. The van der Waals surface area contributed by atoms with Gasteiger partial charge >= 0.3 is 0 Å². The molecule has 0 aromatic heterocycles. The number of nitrogens with zero attached hydrogens (tertiary/aromatic N) is 2. The van der Waals surface area contributed by atoms with Gasteiger partial charge in [0.1, 0.15) is 0 Å². The third kappa shape index (κ3) is 12.5. The zero-order valence-corrected chi connectivity index (χ0v) is 41.3. The molecule has 9 rings (SSSR count). The molecule has 0 atom stereocenters. The zero-order chi connectivity index (χ0) is 42.1. The second kappa shape index (κ2) is 23.4. The van der Waals surface area contributed by atoms with E-state index in [1.54, 1.807) is 51.4 Å². The summed E-state index contributed by atoms with van der Waals surface area (Å²) in [5.74, 6) is 9.65. The van der Waals surface area contributed by atoms with Crippen molar-refractivity contribution < 1.29 is 0 Å². The van der Waals surface area contributed by atoms with Crippen molar-refractivity contribution in [2.24, 2.45) is 59.2 Å². The molecule has 0 N–H and O–H groups in total. The molecule has 0 aliphatic heterocycles. The van der Waals surface area contributed by atoms with E-state index in [0.717, 1.165) is 95.4 Å². The second-order valence-electron chi connectivity index (χ2n) is 25.2. The van der Waals surface area contributed by atoms with Gasteiger partial charge in [-0.3, -0.25) is 9.80 Å². The lowest BCUT2D eigenvalue weighted by atomic mass is 9.65. The van der Waals surface area contributed by atoms with Crippen molar-refractivity contribution in [3.8, 4) is 0 Å². The van der Waals surface area contributed by atoms with Gasteiger partial charge in [0.25, 0.3) is 0 Å². The van der Waals surface area contributed by atoms with Crippen LogP contribution in [0.2, 0.25) is 0 Å². The molecule has 0 amide bonds. The summed E-state index contributed by atoms with van der Waals surface area (Å²) in [5.41, 5.74) is 0. The first kappa shape index (κ1) is 46.5. The Hall–Kier alpha value is -0.600. The Morgan fingerprint density at radius 2 is 0.435 bits per heavy atom. The van der Waals surface area contributed by atoms with Crippen LogP contribution in [0.3, 0.4) is 0 Å². The molecule has 0 aromatic carbocycles.